The molecular formula is C15H19BrO2S. The van der Waals surface area contributed by atoms with E-state index >= 15 is 0 Å². The molecule has 2 aliphatic rings. The number of halogens is 1. The summed E-state index contributed by atoms with van der Waals surface area (Å²) in [5.41, 5.74) is 0.980. The number of fused-ring (bicyclic) bond motifs is 1. The third-order valence-corrected chi connectivity index (χ3v) is 6.09. The maximum absolute atomic E-state index is 10.4. The molecule has 0 aliphatic carbocycles. The van der Waals surface area contributed by atoms with Gasteiger partial charge >= 0.3 is 0 Å². The number of benzene rings is 1. The summed E-state index contributed by atoms with van der Waals surface area (Å²) in [4.78, 5) is 0. The fourth-order valence-corrected chi connectivity index (χ4v) is 5.04. The number of aliphatic hydroxyl groups is 1. The van der Waals surface area contributed by atoms with E-state index in [1.807, 2.05) is 30.0 Å². The molecule has 104 valence electrons. The molecule has 0 aromatic heterocycles. The van der Waals surface area contributed by atoms with Gasteiger partial charge in [-0.15, -0.1) is 0 Å². The van der Waals surface area contributed by atoms with Gasteiger partial charge in [0, 0.05) is 22.2 Å². The van der Waals surface area contributed by atoms with E-state index in [9.17, 15) is 5.11 Å². The van der Waals surface area contributed by atoms with Gasteiger partial charge in [-0.05, 0) is 29.7 Å². The van der Waals surface area contributed by atoms with Gasteiger partial charge in [0.05, 0.1) is 6.10 Å². The highest BCUT2D eigenvalue weighted by Crippen LogP contribution is 2.49. The van der Waals surface area contributed by atoms with Crippen LogP contribution in [0.3, 0.4) is 0 Å². The molecule has 2 unspecified atom stereocenters. The van der Waals surface area contributed by atoms with Crippen molar-refractivity contribution in [1.82, 2.24) is 0 Å². The van der Waals surface area contributed by atoms with Crippen LogP contribution in [-0.2, 0) is 0 Å². The average molecular weight is 343 g/mol. The highest BCUT2D eigenvalue weighted by Gasteiger charge is 2.46. The van der Waals surface area contributed by atoms with E-state index in [1.54, 1.807) is 0 Å². The molecule has 2 nitrogen and oxygen atoms in total. The van der Waals surface area contributed by atoms with Crippen molar-refractivity contribution >= 4 is 27.7 Å². The largest absolute Gasteiger partial charge is 0.486 e. The first kappa shape index (κ1) is 13.8. The van der Waals surface area contributed by atoms with E-state index < -0.39 is 6.10 Å². The lowest BCUT2D eigenvalue weighted by molar-refractivity contribution is -0.0255. The van der Waals surface area contributed by atoms with Gasteiger partial charge in [-0.3, -0.25) is 0 Å². The first-order valence-electron chi connectivity index (χ1n) is 6.64. The number of aliphatic hydroxyl groups excluding tert-OH is 1. The highest BCUT2D eigenvalue weighted by atomic mass is 79.9. The van der Waals surface area contributed by atoms with Crippen molar-refractivity contribution in [3.63, 3.8) is 0 Å². The van der Waals surface area contributed by atoms with Crippen LogP contribution in [0.4, 0.5) is 0 Å². The van der Waals surface area contributed by atoms with Gasteiger partial charge in [-0.25, -0.2) is 0 Å². The van der Waals surface area contributed by atoms with E-state index in [0.717, 1.165) is 28.0 Å². The number of thioether (sulfide) groups is 1. The molecule has 2 atom stereocenters. The Hall–Kier alpha value is -0.190. The zero-order valence-electron chi connectivity index (χ0n) is 11.3. The molecule has 0 saturated carbocycles. The third kappa shape index (κ3) is 2.67. The van der Waals surface area contributed by atoms with E-state index in [1.165, 1.54) is 5.75 Å². The van der Waals surface area contributed by atoms with Crippen molar-refractivity contribution in [3.8, 4) is 5.75 Å². The lowest BCUT2D eigenvalue weighted by Crippen LogP contribution is -2.50. The van der Waals surface area contributed by atoms with Crippen LogP contribution < -0.4 is 4.74 Å². The molecular weight excluding hydrogens is 324 g/mol. The zero-order chi connectivity index (χ0) is 13.7. The van der Waals surface area contributed by atoms with Crippen molar-refractivity contribution in [2.24, 2.45) is 5.41 Å². The van der Waals surface area contributed by atoms with Gasteiger partial charge in [0.2, 0.25) is 0 Å². The zero-order valence-corrected chi connectivity index (χ0v) is 13.7. The second-order valence-electron chi connectivity index (χ2n) is 6.52. The molecule has 0 radical (unpaired) electrons. The van der Waals surface area contributed by atoms with Crippen molar-refractivity contribution in [2.45, 2.75) is 38.4 Å². The van der Waals surface area contributed by atoms with Crippen LogP contribution in [0.25, 0.3) is 0 Å². The SMILES string of the molecule is CC1(C)CSCC2(CC(O)c3ccc(Br)cc3O2)C1. The topological polar surface area (TPSA) is 29.5 Å². The second-order valence-corrected chi connectivity index (χ2v) is 8.42. The molecule has 0 bridgehead atoms. The summed E-state index contributed by atoms with van der Waals surface area (Å²) in [6.45, 7) is 4.57. The van der Waals surface area contributed by atoms with Crippen molar-refractivity contribution in [2.75, 3.05) is 11.5 Å². The molecule has 4 heteroatoms. The van der Waals surface area contributed by atoms with Crippen LogP contribution >= 0.6 is 27.7 Å². The molecule has 0 amide bonds. The quantitative estimate of drug-likeness (QED) is 0.767. The molecule has 2 heterocycles. The Bertz CT molecular complexity index is 503. The summed E-state index contributed by atoms with van der Waals surface area (Å²) in [5, 5.41) is 10.4. The molecule has 19 heavy (non-hydrogen) atoms. The number of hydrogen-bond acceptors (Lipinski definition) is 3. The summed E-state index contributed by atoms with van der Waals surface area (Å²) < 4.78 is 7.33. The molecule has 1 saturated heterocycles. The van der Waals surface area contributed by atoms with Gasteiger partial charge in [-0.2, -0.15) is 11.8 Å². The maximum Gasteiger partial charge on any atom is 0.127 e. The molecule has 1 N–H and O–H groups in total. The van der Waals surface area contributed by atoms with Crippen LogP contribution in [0.15, 0.2) is 22.7 Å². The van der Waals surface area contributed by atoms with Gasteiger partial charge in [0.25, 0.3) is 0 Å². The summed E-state index contributed by atoms with van der Waals surface area (Å²) in [5.74, 6) is 2.98. The summed E-state index contributed by atoms with van der Waals surface area (Å²) in [7, 11) is 0. The minimum atomic E-state index is -0.411. The van der Waals surface area contributed by atoms with E-state index in [-0.39, 0.29) is 11.0 Å². The van der Waals surface area contributed by atoms with Gasteiger partial charge in [0.1, 0.15) is 11.4 Å². The lowest BCUT2D eigenvalue weighted by Gasteiger charge is -2.48. The minimum absolute atomic E-state index is 0.209. The lowest BCUT2D eigenvalue weighted by atomic mass is 9.77. The molecule has 1 aromatic rings. The molecule has 3 rings (SSSR count). The highest BCUT2D eigenvalue weighted by molar-refractivity contribution is 9.10. The maximum atomic E-state index is 10.4. The Labute approximate surface area is 127 Å². The van der Waals surface area contributed by atoms with Crippen molar-refractivity contribution in [1.29, 1.82) is 0 Å². The first-order chi connectivity index (χ1) is 8.89. The second kappa shape index (κ2) is 4.68. The van der Waals surface area contributed by atoms with Gasteiger partial charge in [-0.1, -0.05) is 35.8 Å². The summed E-state index contributed by atoms with van der Waals surface area (Å²) in [6.07, 6.45) is 1.31. The Kier molecular flexibility index (Phi) is 3.39. The van der Waals surface area contributed by atoms with E-state index in [2.05, 4.69) is 29.8 Å². The number of rotatable bonds is 0. The normalized spacial score (nSPS) is 32.7. The average Bonchev–Trinajstić information content (AvgIpc) is 2.25. The van der Waals surface area contributed by atoms with Crippen LogP contribution in [-0.4, -0.2) is 22.2 Å². The summed E-state index contributed by atoms with van der Waals surface area (Å²) in [6, 6.07) is 5.90. The standard InChI is InChI=1S/C15H19BrO2S/c1-14(2)7-15(9-19-8-14)6-12(17)11-4-3-10(16)5-13(11)18-15/h3-5,12,17H,6-9H2,1-2H3. The van der Waals surface area contributed by atoms with Crippen LogP contribution in [0, 0.1) is 5.41 Å². The van der Waals surface area contributed by atoms with Crippen molar-refractivity contribution in [3.05, 3.63) is 28.2 Å². The van der Waals surface area contributed by atoms with Crippen LogP contribution in [0.2, 0.25) is 0 Å². The Morgan fingerprint density at radius 1 is 1.37 bits per heavy atom. The first-order valence-corrected chi connectivity index (χ1v) is 8.58. The van der Waals surface area contributed by atoms with Gasteiger partial charge < -0.3 is 9.84 Å². The molecule has 1 fully saturated rings. The number of hydrogen-bond donors (Lipinski definition) is 1. The predicted molar refractivity (Wildman–Crippen MR) is 82.8 cm³/mol. The predicted octanol–water partition coefficient (Wildman–Crippen LogP) is 4.17. The third-order valence-electron chi connectivity index (χ3n) is 3.89. The Balaban J connectivity index is 1.95. The molecule has 2 aliphatic heterocycles. The smallest absolute Gasteiger partial charge is 0.127 e. The van der Waals surface area contributed by atoms with E-state index in [4.69, 9.17) is 4.74 Å². The van der Waals surface area contributed by atoms with Crippen molar-refractivity contribution < 1.29 is 9.84 Å². The number of ether oxygens (including phenoxy) is 1. The molecule has 1 spiro atoms. The molecule has 1 aromatic carbocycles. The van der Waals surface area contributed by atoms with Crippen LogP contribution in [0.1, 0.15) is 38.4 Å². The fraction of sp³-hybridized carbons (Fsp3) is 0.600. The Morgan fingerprint density at radius 3 is 2.89 bits per heavy atom. The summed E-state index contributed by atoms with van der Waals surface area (Å²) >= 11 is 5.42. The fourth-order valence-electron chi connectivity index (χ4n) is 3.29. The Morgan fingerprint density at radius 2 is 2.16 bits per heavy atom. The monoisotopic (exact) mass is 342 g/mol. The minimum Gasteiger partial charge on any atom is -0.486 e. The van der Waals surface area contributed by atoms with Gasteiger partial charge in [0.15, 0.2) is 0 Å². The van der Waals surface area contributed by atoms with E-state index in [0.29, 0.717) is 6.42 Å². The van der Waals surface area contributed by atoms with Crippen LogP contribution in [0.5, 0.6) is 5.75 Å².